The van der Waals surface area contributed by atoms with Gasteiger partial charge in [-0.1, -0.05) is 0 Å². The SMILES string of the molecule is CC(C)(C)OC[C@@H](O)C[NH+](CCO)CCO. The third-order valence-corrected chi connectivity index (χ3v) is 2.16. The number of aliphatic hydroxyl groups excluding tert-OH is 3. The molecule has 16 heavy (non-hydrogen) atoms. The lowest BCUT2D eigenvalue weighted by molar-refractivity contribution is -0.904. The van der Waals surface area contributed by atoms with Gasteiger partial charge in [-0.3, -0.25) is 0 Å². The van der Waals surface area contributed by atoms with Gasteiger partial charge in [0, 0.05) is 0 Å². The highest BCUT2D eigenvalue weighted by atomic mass is 16.5. The molecule has 0 radical (unpaired) electrons. The summed E-state index contributed by atoms with van der Waals surface area (Å²) in [4.78, 5) is 0.981. The molecule has 0 aromatic rings. The van der Waals surface area contributed by atoms with Crippen LogP contribution in [0, 0.1) is 0 Å². The van der Waals surface area contributed by atoms with E-state index in [1.54, 1.807) is 0 Å². The lowest BCUT2D eigenvalue weighted by Crippen LogP contribution is -3.14. The van der Waals surface area contributed by atoms with Gasteiger partial charge < -0.3 is 25.0 Å². The van der Waals surface area contributed by atoms with Crippen LogP contribution in [0.5, 0.6) is 0 Å². The Kier molecular flexibility index (Phi) is 7.87. The van der Waals surface area contributed by atoms with Crippen molar-refractivity contribution in [3.05, 3.63) is 0 Å². The zero-order chi connectivity index (χ0) is 12.6. The molecule has 98 valence electrons. The van der Waals surface area contributed by atoms with E-state index >= 15 is 0 Å². The Morgan fingerprint density at radius 1 is 1.12 bits per heavy atom. The van der Waals surface area contributed by atoms with Crippen molar-refractivity contribution in [1.82, 2.24) is 0 Å². The van der Waals surface area contributed by atoms with Gasteiger partial charge in [-0.15, -0.1) is 0 Å². The van der Waals surface area contributed by atoms with Crippen LogP contribution in [0.1, 0.15) is 20.8 Å². The first-order valence-corrected chi connectivity index (χ1v) is 5.76. The van der Waals surface area contributed by atoms with Crippen molar-refractivity contribution < 1.29 is 25.0 Å². The highest BCUT2D eigenvalue weighted by molar-refractivity contribution is 4.61. The zero-order valence-electron chi connectivity index (χ0n) is 10.6. The Labute approximate surface area is 97.6 Å². The first-order chi connectivity index (χ1) is 7.39. The maximum absolute atomic E-state index is 9.73. The molecule has 0 heterocycles. The highest BCUT2D eigenvalue weighted by Gasteiger charge is 2.18. The maximum Gasteiger partial charge on any atom is 0.126 e. The van der Waals surface area contributed by atoms with Gasteiger partial charge in [0.25, 0.3) is 0 Å². The third kappa shape index (κ3) is 9.06. The highest BCUT2D eigenvalue weighted by Crippen LogP contribution is 2.06. The van der Waals surface area contributed by atoms with Crippen LogP contribution in [-0.2, 0) is 4.74 Å². The second-order valence-electron chi connectivity index (χ2n) is 4.98. The van der Waals surface area contributed by atoms with Crippen LogP contribution in [0.25, 0.3) is 0 Å². The van der Waals surface area contributed by atoms with Crippen LogP contribution in [0.3, 0.4) is 0 Å². The van der Waals surface area contributed by atoms with E-state index in [1.165, 1.54) is 0 Å². The fraction of sp³-hybridized carbons (Fsp3) is 1.00. The number of nitrogens with one attached hydrogen (secondary N) is 1. The third-order valence-electron chi connectivity index (χ3n) is 2.16. The minimum atomic E-state index is -0.563. The quantitative estimate of drug-likeness (QED) is 0.394. The largest absolute Gasteiger partial charge is 0.391 e. The van der Waals surface area contributed by atoms with Gasteiger partial charge in [0.05, 0.1) is 25.4 Å². The molecule has 0 aliphatic heterocycles. The summed E-state index contributed by atoms with van der Waals surface area (Å²) in [7, 11) is 0. The van der Waals surface area contributed by atoms with Crippen LogP contribution in [0.2, 0.25) is 0 Å². The van der Waals surface area contributed by atoms with Crippen LogP contribution in [-0.4, -0.2) is 66.5 Å². The summed E-state index contributed by atoms with van der Waals surface area (Å²) in [6.07, 6.45) is -0.563. The Bertz CT molecular complexity index is 164. The molecular formula is C11H26NO4+. The summed E-state index contributed by atoms with van der Waals surface area (Å²) in [6, 6.07) is 0. The number of quaternary nitrogens is 1. The van der Waals surface area contributed by atoms with Gasteiger partial charge in [-0.05, 0) is 20.8 Å². The lowest BCUT2D eigenvalue weighted by atomic mass is 10.2. The van der Waals surface area contributed by atoms with Crippen molar-refractivity contribution >= 4 is 0 Å². The van der Waals surface area contributed by atoms with Crippen molar-refractivity contribution in [3.8, 4) is 0 Å². The van der Waals surface area contributed by atoms with Crippen LogP contribution in [0.15, 0.2) is 0 Å². The van der Waals surface area contributed by atoms with Crippen LogP contribution in [0.4, 0.5) is 0 Å². The molecule has 0 rings (SSSR count). The fourth-order valence-electron chi connectivity index (χ4n) is 1.38. The number of rotatable bonds is 8. The van der Waals surface area contributed by atoms with Crippen molar-refractivity contribution in [2.45, 2.75) is 32.5 Å². The molecule has 0 aromatic carbocycles. The molecule has 0 saturated carbocycles. The van der Waals surface area contributed by atoms with E-state index in [0.717, 1.165) is 4.90 Å². The summed E-state index contributed by atoms with van der Waals surface area (Å²) in [5.41, 5.74) is -0.255. The minimum absolute atomic E-state index is 0.0577. The minimum Gasteiger partial charge on any atom is -0.391 e. The summed E-state index contributed by atoms with van der Waals surface area (Å²) in [6.45, 7) is 7.76. The molecule has 0 unspecified atom stereocenters. The molecule has 0 aliphatic rings. The topological polar surface area (TPSA) is 74.4 Å². The average molecular weight is 236 g/mol. The normalized spacial score (nSPS) is 14.4. The van der Waals surface area contributed by atoms with Crippen molar-refractivity contribution in [2.75, 3.05) is 39.5 Å². The standard InChI is InChI=1S/C11H25NO4/c1-11(2,3)16-9-10(15)8-12(4-6-13)5-7-14/h10,13-15H,4-9H2,1-3H3/p+1/t10-/m0/s1. The molecule has 4 N–H and O–H groups in total. The molecule has 0 fully saturated rings. The molecule has 0 spiro atoms. The predicted molar refractivity (Wildman–Crippen MR) is 61.4 cm³/mol. The van der Waals surface area contributed by atoms with Gasteiger partial charge in [0.15, 0.2) is 0 Å². The van der Waals surface area contributed by atoms with E-state index in [1.807, 2.05) is 20.8 Å². The zero-order valence-corrected chi connectivity index (χ0v) is 10.6. The maximum atomic E-state index is 9.73. The lowest BCUT2D eigenvalue weighted by Gasteiger charge is -2.24. The Morgan fingerprint density at radius 2 is 1.62 bits per heavy atom. The Balaban J connectivity index is 3.85. The average Bonchev–Trinajstić information content (AvgIpc) is 2.14. The van der Waals surface area contributed by atoms with Crippen LogP contribution < -0.4 is 4.90 Å². The van der Waals surface area contributed by atoms with E-state index in [4.69, 9.17) is 14.9 Å². The van der Waals surface area contributed by atoms with Gasteiger partial charge in [-0.2, -0.15) is 0 Å². The fourth-order valence-corrected chi connectivity index (χ4v) is 1.38. The summed E-state index contributed by atoms with van der Waals surface area (Å²) in [5, 5.41) is 27.4. The van der Waals surface area contributed by atoms with Gasteiger partial charge >= 0.3 is 0 Å². The summed E-state index contributed by atoms with van der Waals surface area (Å²) < 4.78 is 5.46. The summed E-state index contributed by atoms with van der Waals surface area (Å²) in [5.74, 6) is 0. The molecule has 1 atom stereocenters. The van der Waals surface area contributed by atoms with E-state index < -0.39 is 6.10 Å². The van der Waals surface area contributed by atoms with Gasteiger partial charge in [0.2, 0.25) is 0 Å². The first kappa shape index (κ1) is 15.8. The first-order valence-electron chi connectivity index (χ1n) is 5.76. The molecule has 0 aromatic heterocycles. The van der Waals surface area contributed by atoms with Crippen molar-refractivity contribution in [1.29, 1.82) is 0 Å². The second-order valence-corrected chi connectivity index (χ2v) is 4.98. The monoisotopic (exact) mass is 236 g/mol. The van der Waals surface area contributed by atoms with E-state index in [2.05, 4.69) is 0 Å². The van der Waals surface area contributed by atoms with E-state index in [9.17, 15) is 5.11 Å². The molecule has 0 bridgehead atoms. The predicted octanol–water partition coefficient (Wildman–Crippen LogP) is -1.97. The van der Waals surface area contributed by atoms with Gasteiger partial charge in [0.1, 0.15) is 25.7 Å². The van der Waals surface area contributed by atoms with Crippen molar-refractivity contribution in [3.63, 3.8) is 0 Å². The number of hydrogen-bond acceptors (Lipinski definition) is 4. The molecule has 0 saturated heterocycles. The molecule has 5 heteroatoms. The smallest absolute Gasteiger partial charge is 0.126 e. The number of ether oxygens (including phenoxy) is 1. The molecule has 0 amide bonds. The molecular weight excluding hydrogens is 210 g/mol. The molecule has 0 aliphatic carbocycles. The van der Waals surface area contributed by atoms with Crippen molar-refractivity contribution in [2.24, 2.45) is 0 Å². The Morgan fingerprint density at radius 3 is 2.00 bits per heavy atom. The second kappa shape index (κ2) is 7.97. The Hall–Kier alpha value is -0.200. The number of hydrogen-bond donors (Lipinski definition) is 4. The summed E-state index contributed by atoms with van der Waals surface area (Å²) >= 11 is 0. The van der Waals surface area contributed by atoms with E-state index in [0.29, 0.717) is 19.6 Å². The van der Waals surface area contributed by atoms with E-state index in [-0.39, 0.29) is 25.4 Å². The number of aliphatic hydroxyl groups is 3. The molecule has 5 nitrogen and oxygen atoms in total. The van der Waals surface area contributed by atoms with Gasteiger partial charge in [-0.25, -0.2) is 0 Å². The van der Waals surface area contributed by atoms with Crippen LogP contribution >= 0.6 is 0 Å².